The molecule has 0 aromatic heterocycles. The van der Waals surface area contributed by atoms with Crippen molar-refractivity contribution in [2.45, 2.75) is 12.6 Å². The van der Waals surface area contributed by atoms with E-state index in [0.29, 0.717) is 6.42 Å². The molecule has 11 heavy (non-hydrogen) atoms. The van der Waals surface area contributed by atoms with Crippen molar-refractivity contribution < 1.29 is 22.7 Å². The molecule has 0 spiro atoms. The zero-order valence-corrected chi connectivity index (χ0v) is 5.44. The SMILES string of the molecule is O=C(C1=CCCO1)C(F)(F)F. The van der Waals surface area contributed by atoms with Gasteiger partial charge >= 0.3 is 6.18 Å². The topological polar surface area (TPSA) is 26.3 Å². The van der Waals surface area contributed by atoms with E-state index in [9.17, 15) is 18.0 Å². The van der Waals surface area contributed by atoms with Crippen LogP contribution in [0.4, 0.5) is 13.2 Å². The number of carbonyl (C=O) groups excluding carboxylic acids is 1. The maximum atomic E-state index is 11.6. The lowest BCUT2D eigenvalue weighted by molar-refractivity contribution is -0.169. The molecule has 0 saturated heterocycles. The maximum Gasteiger partial charge on any atom is 0.458 e. The Labute approximate surface area is 60.6 Å². The maximum absolute atomic E-state index is 11.6. The smallest absolute Gasteiger partial charge is 0.458 e. The van der Waals surface area contributed by atoms with Gasteiger partial charge in [0.1, 0.15) is 0 Å². The van der Waals surface area contributed by atoms with E-state index in [1.165, 1.54) is 0 Å². The van der Waals surface area contributed by atoms with Gasteiger partial charge in [0.15, 0.2) is 5.76 Å². The van der Waals surface area contributed by atoms with Crippen molar-refractivity contribution in [3.8, 4) is 0 Å². The van der Waals surface area contributed by atoms with Gasteiger partial charge < -0.3 is 4.74 Å². The minimum atomic E-state index is -4.81. The molecule has 2 nitrogen and oxygen atoms in total. The van der Waals surface area contributed by atoms with Crippen LogP contribution < -0.4 is 0 Å². The number of alkyl halides is 3. The van der Waals surface area contributed by atoms with Crippen LogP contribution in [0.25, 0.3) is 0 Å². The molecule has 0 N–H and O–H groups in total. The van der Waals surface area contributed by atoms with E-state index in [-0.39, 0.29) is 6.61 Å². The average Bonchev–Trinajstić information content (AvgIpc) is 2.34. The summed E-state index contributed by atoms with van der Waals surface area (Å²) in [6.07, 6.45) is -3.29. The lowest BCUT2D eigenvalue weighted by Gasteiger charge is -2.04. The van der Waals surface area contributed by atoms with Crippen LogP contribution in [0.15, 0.2) is 11.8 Å². The summed E-state index contributed by atoms with van der Waals surface area (Å²) in [7, 11) is 0. The van der Waals surface area contributed by atoms with Crippen LogP contribution in [-0.2, 0) is 9.53 Å². The van der Waals surface area contributed by atoms with Gasteiger partial charge in [0.2, 0.25) is 0 Å². The van der Waals surface area contributed by atoms with Crippen LogP contribution in [0.2, 0.25) is 0 Å². The predicted octanol–water partition coefficient (Wildman–Crippen LogP) is 1.42. The fourth-order valence-electron chi connectivity index (χ4n) is 0.716. The Kier molecular flexibility index (Phi) is 1.89. The van der Waals surface area contributed by atoms with E-state index in [1.807, 2.05) is 0 Å². The third-order valence-corrected chi connectivity index (χ3v) is 1.19. The van der Waals surface area contributed by atoms with E-state index in [0.717, 1.165) is 6.08 Å². The summed E-state index contributed by atoms with van der Waals surface area (Å²) >= 11 is 0. The molecule has 1 aliphatic rings. The van der Waals surface area contributed by atoms with Gasteiger partial charge in [-0.2, -0.15) is 13.2 Å². The first-order valence-corrected chi connectivity index (χ1v) is 2.96. The van der Waals surface area contributed by atoms with Crippen LogP contribution in [0.5, 0.6) is 0 Å². The highest BCUT2D eigenvalue weighted by molar-refractivity contribution is 5.98. The van der Waals surface area contributed by atoms with Crippen LogP contribution in [0.3, 0.4) is 0 Å². The number of carbonyl (C=O) groups is 1. The predicted molar refractivity (Wildman–Crippen MR) is 29.7 cm³/mol. The molecule has 0 radical (unpaired) electrons. The Hall–Kier alpha value is -1.00. The van der Waals surface area contributed by atoms with Gasteiger partial charge in [-0.05, 0) is 6.08 Å². The number of ketones is 1. The number of Topliss-reactive ketones (excluding diaryl/α,β-unsaturated/α-hetero) is 1. The third-order valence-electron chi connectivity index (χ3n) is 1.19. The molecule has 0 amide bonds. The van der Waals surface area contributed by atoms with Crippen molar-refractivity contribution in [3.05, 3.63) is 11.8 Å². The molecule has 5 heteroatoms. The summed E-state index contributed by atoms with van der Waals surface area (Å²) in [6, 6.07) is 0. The zero-order chi connectivity index (χ0) is 8.48. The molecule has 1 rings (SSSR count). The molecule has 0 atom stereocenters. The van der Waals surface area contributed by atoms with Crippen molar-refractivity contribution in [3.63, 3.8) is 0 Å². The van der Waals surface area contributed by atoms with Crippen LogP contribution in [0, 0.1) is 0 Å². The largest absolute Gasteiger partial charge is 0.489 e. The van der Waals surface area contributed by atoms with Crippen LogP contribution >= 0.6 is 0 Å². The molecule has 62 valence electrons. The summed E-state index contributed by atoms with van der Waals surface area (Å²) < 4.78 is 39.3. The Balaban J connectivity index is 2.68. The molecule has 1 aliphatic heterocycles. The van der Waals surface area contributed by atoms with Crippen molar-refractivity contribution in [2.75, 3.05) is 6.61 Å². The highest BCUT2D eigenvalue weighted by Crippen LogP contribution is 2.23. The Morgan fingerprint density at radius 2 is 2.18 bits per heavy atom. The van der Waals surface area contributed by atoms with Gasteiger partial charge in [-0.3, -0.25) is 4.79 Å². The second-order valence-corrected chi connectivity index (χ2v) is 2.03. The molecule has 0 fully saturated rings. The van der Waals surface area contributed by atoms with Crippen molar-refractivity contribution in [1.29, 1.82) is 0 Å². The van der Waals surface area contributed by atoms with E-state index < -0.39 is 17.7 Å². The second kappa shape index (κ2) is 2.56. The fraction of sp³-hybridized carbons (Fsp3) is 0.500. The first-order valence-electron chi connectivity index (χ1n) is 2.96. The van der Waals surface area contributed by atoms with Gasteiger partial charge in [-0.25, -0.2) is 0 Å². The van der Waals surface area contributed by atoms with Crippen molar-refractivity contribution in [2.24, 2.45) is 0 Å². The monoisotopic (exact) mass is 166 g/mol. The Morgan fingerprint density at radius 3 is 2.55 bits per heavy atom. The standard InChI is InChI=1S/C6H5F3O2/c7-6(8,9)5(10)4-2-1-3-11-4/h2H,1,3H2. The summed E-state index contributed by atoms with van der Waals surface area (Å²) in [5.41, 5.74) is 0. The minimum absolute atomic E-state index is 0.164. The van der Waals surface area contributed by atoms with Gasteiger partial charge in [-0.15, -0.1) is 0 Å². The highest BCUT2D eigenvalue weighted by Gasteiger charge is 2.42. The van der Waals surface area contributed by atoms with Gasteiger partial charge in [0.25, 0.3) is 5.78 Å². The highest BCUT2D eigenvalue weighted by atomic mass is 19.4. The lowest BCUT2D eigenvalue weighted by atomic mass is 10.3. The number of rotatable bonds is 1. The van der Waals surface area contributed by atoms with E-state index in [4.69, 9.17) is 0 Å². The number of halogens is 3. The normalized spacial score (nSPS) is 17.5. The molecular formula is C6H5F3O2. The molecule has 0 unspecified atom stereocenters. The second-order valence-electron chi connectivity index (χ2n) is 2.03. The fourth-order valence-corrected chi connectivity index (χ4v) is 0.716. The molecule has 1 heterocycles. The van der Waals surface area contributed by atoms with E-state index in [2.05, 4.69) is 4.74 Å². The number of hydrogen-bond acceptors (Lipinski definition) is 2. The number of ether oxygens (including phenoxy) is 1. The van der Waals surface area contributed by atoms with E-state index >= 15 is 0 Å². The van der Waals surface area contributed by atoms with Crippen molar-refractivity contribution in [1.82, 2.24) is 0 Å². The Morgan fingerprint density at radius 1 is 1.55 bits per heavy atom. The number of hydrogen-bond donors (Lipinski definition) is 0. The van der Waals surface area contributed by atoms with Crippen LogP contribution in [-0.4, -0.2) is 18.6 Å². The van der Waals surface area contributed by atoms with Gasteiger partial charge in [-0.1, -0.05) is 0 Å². The molecule has 0 bridgehead atoms. The minimum Gasteiger partial charge on any atom is -0.489 e. The van der Waals surface area contributed by atoms with Gasteiger partial charge in [0.05, 0.1) is 6.61 Å². The van der Waals surface area contributed by atoms with Crippen LogP contribution in [0.1, 0.15) is 6.42 Å². The zero-order valence-electron chi connectivity index (χ0n) is 5.44. The molecule has 0 aromatic rings. The summed E-state index contributed by atoms with van der Waals surface area (Å²) in [6.45, 7) is 0.164. The average molecular weight is 166 g/mol. The lowest BCUT2D eigenvalue weighted by Crippen LogP contribution is -2.24. The summed E-state index contributed by atoms with van der Waals surface area (Å²) in [5, 5.41) is 0. The molecule has 0 aromatic carbocycles. The first kappa shape index (κ1) is 8.10. The third kappa shape index (κ3) is 1.72. The molecular weight excluding hydrogens is 161 g/mol. The van der Waals surface area contributed by atoms with E-state index in [1.54, 1.807) is 0 Å². The van der Waals surface area contributed by atoms with Gasteiger partial charge in [0, 0.05) is 6.42 Å². The first-order chi connectivity index (χ1) is 5.02. The molecule has 0 aliphatic carbocycles. The summed E-state index contributed by atoms with van der Waals surface area (Å²) in [5.74, 6) is -2.47. The Bertz CT molecular complexity index is 204. The molecule has 0 saturated carbocycles. The quantitative estimate of drug-likeness (QED) is 0.588. The summed E-state index contributed by atoms with van der Waals surface area (Å²) in [4.78, 5) is 10.3. The number of allylic oxidation sites excluding steroid dienone is 1. The van der Waals surface area contributed by atoms with Crippen molar-refractivity contribution >= 4 is 5.78 Å².